The Morgan fingerprint density at radius 3 is 3.06 bits per heavy atom. The summed E-state index contributed by atoms with van der Waals surface area (Å²) >= 11 is 6.02. The van der Waals surface area contributed by atoms with Crippen LogP contribution in [0.1, 0.15) is 25.0 Å². The van der Waals surface area contributed by atoms with Crippen molar-refractivity contribution >= 4 is 11.6 Å². The van der Waals surface area contributed by atoms with E-state index in [9.17, 15) is 0 Å². The molecule has 0 N–H and O–H groups in total. The molecular weight excluding hydrogens is 246 g/mol. The molecule has 1 aromatic rings. The van der Waals surface area contributed by atoms with E-state index in [1.165, 1.54) is 45.4 Å². The van der Waals surface area contributed by atoms with E-state index in [2.05, 4.69) is 14.8 Å². The summed E-state index contributed by atoms with van der Waals surface area (Å²) in [6.07, 6.45) is 5.81. The van der Waals surface area contributed by atoms with Crippen molar-refractivity contribution in [3.8, 4) is 0 Å². The van der Waals surface area contributed by atoms with Gasteiger partial charge in [0.15, 0.2) is 0 Å². The first-order valence-corrected chi connectivity index (χ1v) is 7.26. The third kappa shape index (κ3) is 2.85. The molecule has 1 atom stereocenters. The monoisotopic (exact) mass is 265 g/mol. The summed E-state index contributed by atoms with van der Waals surface area (Å²) in [5, 5.41) is 0.789. The third-order valence-electron chi connectivity index (χ3n) is 4.05. The van der Waals surface area contributed by atoms with Crippen LogP contribution in [0.4, 0.5) is 0 Å². The lowest BCUT2D eigenvalue weighted by Gasteiger charge is -2.25. The average molecular weight is 266 g/mol. The fraction of sp³-hybridized carbons (Fsp3) is 0.643. The molecule has 0 aromatic carbocycles. The Kier molecular flexibility index (Phi) is 3.83. The lowest BCUT2D eigenvalue weighted by atomic mass is 10.2. The van der Waals surface area contributed by atoms with Crippen LogP contribution in [0.25, 0.3) is 0 Å². The predicted octanol–water partition coefficient (Wildman–Crippen LogP) is 2.41. The Hall–Kier alpha value is -0.640. The van der Waals surface area contributed by atoms with E-state index in [0.29, 0.717) is 0 Å². The van der Waals surface area contributed by atoms with Crippen molar-refractivity contribution in [2.45, 2.75) is 31.8 Å². The molecule has 2 fully saturated rings. The molecule has 2 aliphatic heterocycles. The Morgan fingerprint density at radius 1 is 1.28 bits per heavy atom. The second-order valence-electron chi connectivity index (χ2n) is 5.39. The third-order valence-corrected chi connectivity index (χ3v) is 4.29. The van der Waals surface area contributed by atoms with Crippen LogP contribution in [0.15, 0.2) is 18.3 Å². The normalized spacial score (nSPS) is 25.9. The zero-order valence-corrected chi connectivity index (χ0v) is 11.4. The summed E-state index contributed by atoms with van der Waals surface area (Å²) in [6.45, 7) is 5.87. The average Bonchev–Trinajstić information content (AvgIpc) is 2.69. The van der Waals surface area contributed by atoms with Crippen LogP contribution >= 0.6 is 11.6 Å². The zero-order chi connectivity index (χ0) is 12.4. The van der Waals surface area contributed by atoms with Gasteiger partial charge in [-0.25, -0.2) is 0 Å². The highest BCUT2D eigenvalue weighted by molar-refractivity contribution is 6.30. The van der Waals surface area contributed by atoms with Crippen LogP contribution in [0, 0.1) is 0 Å². The molecule has 3 nitrogen and oxygen atoms in total. The number of halogens is 1. The topological polar surface area (TPSA) is 19.4 Å². The second kappa shape index (κ2) is 5.55. The Balaban J connectivity index is 1.65. The van der Waals surface area contributed by atoms with Gasteiger partial charge in [0.2, 0.25) is 0 Å². The minimum atomic E-state index is 0.770. The quantitative estimate of drug-likeness (QED) is 0.819. The minimum absolute atomic E-state index is 0.770. The van der Waals surface area contributed by atoms with E-state index in [1.54, 1.807) is 6.20 Å². The first-order valence-electron chi connectivity index (χ1n) is 6.88. The van der Waals surface area contributed by atoms with Crippen LogP contribution in [0.3, 0.4) is 0 Å². The molecule has 0 spiro atoms. The van der Waals surface area contributed by atoms with Gasteiger partial charge in [-0.3, -0.25) is 14.8 Å². The Labute approximate surface area is 114 Å². The Morgan fingerprint density at radius 2 is 2.17 bits per heavy atom. The number of aromatic nitrogens is 1. The SMILES string of the molecule is Clc1ccnc(CN2CCCN3CCCC3C2)c1. The number of nitrogens with zero attached hydrogens (tertiary/aromatic N) is 3. The van der Waals surface area contributed by atoms with Crippen molar-refractivity contribution in [3.05, 3.63) is 29.0 Å². The standard InChI is InChI=1S/C14H20ClN3/c15-12-4-5-16-13(9-12)10-17-6-2-8-18-7-1-3-14(18)11-17/h4-5,9,14H,1-3,6-8,10-11H2. The number of pyridine rings is 1. The lowest BCUT2D eigenvalue weighted by molar-refractivity contribution is 0.214. The minimum Gasteiger partial charge on any atom is -0.299 e. The molecule has 0 aliphatic carbocycles. The summed E-state index contributed by atoms with van der Waals surface area (Å²) in [4.78, 5) is 9.60. The number of rotatable bonds is 2. The van der Waals surface area contributed by atoms with Gasteiger partial charge in [-0.2, -0.15) is 0 Å². The van der Waals surface area contributed by atoms with Gasteiger partial charge in [0.25, 0.3) is 0 Å². The summed E-state index contributed by atoms with van der Waals surface area (Å²) in [5.74, 6) is 0. The lowest BCUT2D eigenvalue weighted by Crippen LogP contribution is -2.36. The van der Waals surface area contributed by atoms with E-state index >= 15 is 0 Å². The van der Waals surface area contributed by atoms with Crippen LogP contribution < -0.4 is 0 Å². The van der Waals surface area contributed by atoms with Gasteiger partial charge in [0.05, 0.1) is 5.69 Å². The highest BCUT2D eigenvalue weighted by atomic mass is 35.5. The molecule has 2 aliphatic rings. The molecule has 18 heavy (non-hydrogen) atoms. The molecule has 0 bridgehead atoms. The highest BCUT2D eigenvalue weighted by Gasteiger charge is 2.28. The highest BCUT2D eigenvalue weighted by Crippen LogP contribution is 2.22. The molecule has 3 rings (SSSR count). The van der Waals surface area contributed by atoms with Crippen molar-refractivity contribution in [2.75, 3.05) is 26.2 Å². The molecular formula is C14H20ClN3. The van der Waals surface area contributed by atoms with Gasteiger partial charge < -0.3 is 0 Å². The van der Waals surface area contributed by atoms with E-state index in [-0.39, 0.29) is 0 Å². The molecule has 0 saturated carbocycles. The fourth-order valence-electron chi connectivity index (χ4n) is 3.19. The maximum Gasteiger partial charge on any atom is 0.0558 e. The van der Waals surface area contributed by atoms with Crippen LogP contribution in [-0.4, -0.2) is 47.0 Å². The van der Waals surface area contributed by atoms with Gasteiger partial charge in [-0.1, -0.05) is 11.6 Å². The van der Waals surface area contributed by atoms with E-state index in [1.807, 2.05) is 12.1 Å². The molecule has 1 aromatic heterocycles. The maximum atomic E-state index is 6.02. The largest absolute Gasteiger partial charge is 0.299 e. The first kappa shape index (κ1) is 12.4. The number of hydrogen-bond acceptors (Lipinski definition) is 3. The van der Waals surface area contributed by atoms with Crippen molar-refractivity contribution in [1.82, 2.24) is 14.8 Å². The maximum absolute atomic E-state index is 6.02. The summed E-state index contributed by atoms with van der Waals surface area (Å²) < 4.78 is 0. The number of hydrogen-bond donors (Lipinski definition) is 0. The molecule has 2 saturated heterocycles. The van der Waals surface area contributed by atoms with Gasteiger partial charge in [-0.05, 0) is 51.0 Å². The van der Waals surface area contributed by atoms with Crippen molar-refractivity contribution < 1.29 is 0 Å². The number of fused-ring (bicyclic) bond motifs is 1. The van der Waals surface area contributed by atoms with Crippen molar-refractivity contribution in [1.29, 1.82) is 0 Å². The molecule has 0 radical (unpaired) electrons. The van der Waals surface area contributed by atoms with Crippen LogP contribution in [-0.2, 0) is 6.54 Å². The Bertz CT molecular complexity index is 410. The van der Waals surface area contributed by atoms with E-state index < -0.39 is 0 Å². The fourth-order valence-corrected chi connectivity index (χ4v) is 3.37. The van der Waals surface area contributed by atoms with E-state index in [4.69, 9.17) is 11.6 Å². The summed E-state index contributed by atoms with van der Waals surface area (Å²) in [5.41, 5.74) is 1.09. The van der Waals surface area contributed by atoms with Gasteiger partial charge >= 0.3 is 0 Å². The molecule has 0 amide bonds. The van der Waals surface area contributed by atoms with Crippen LogP contribution in [0.5, 0.6) is 0 Å². The second-order valence-corrected chi connectivity index (χ2v) is 5.82. The zero-order valence-electron chi connectivity index (χ0n) is 10.7. The molecule has 98 valence electrons. The molecule has 1 unspecified atom stereocenters. The smallest absolute Gasteiger partial charge is 0.0558 e. The van der Waals surface area contributed by atoms with Crippen LogP contribution in [0.2, 0.25) is 5.02 Å². The summed E-state index contributed by atoms with van der Waals surface area (Å²) in [6, 6.07) is 4.59. The van der Waals surface area contributed by atoms with Gasteiger partial charge in [0.1, 0.15) is 0 Å². The van der Waals surface area contributed by atoms with Crippen molar-refractivity contribution in [3.63, 3.8) is 0 Å². The molecule has 4 heteroatoms. The van der Waals surface area contributed by atoms with E-state index in [0.717, 1.165) is 23.3 Å². The van der Waals surface area contributed by atoms with Gasteiger partial charge in [0, 0.05) is 30.4 Å². The predicted molar refractivity (Wildman–Crippen MR) is 73.7 cm³/mol. The summed E-state index contributed by atoms with van der Waals surface area (Å²) in [7, 11) is 0. The van der Waals surface area contributed by atoms with Crippen molar-refractivity contribution in [2.24, 2.45) is 0 Å². The first-order chi connectivity index (χ1) is 8.81. The molecule has 3 heterocycles. The van der Waals surface area contributed by atoms with Gasteiger partial charge in [-0.15, -0.1) is 0 Å².